The van der Waals surface area contributed by atoms with E-state index >= 15 is 0 Å². The number of benzene rings is 1. The molecule has 0 aliphatic heterocycles. The molecule has 0 bridgehead atoms. The topological polar surface area (TPSA) is 63.6 Å². The van der Waals surface area contributed by atoms with Gasteiger partial charge in [-0.25, -0.2) is 4.79 Å². The first-order valence-corrected chi connectivity index (χ1v) is 6.07. The summed E-state index contributed by atoms with van der Waals surface area (Å²) >= 11 is 5.98. The van der Waals surface area contributed by atoms with Crippen LogP contribution in [0.3, 0.4) is 0 Å². The maximum atomic E-state index is 12.0. The van der Waals surface area contributed by atoms with E-state index in [-0.39, 0.29) is 11.5 Å². The van der Waals surface area contributed by atoms with Gasteiger partial charge in [-0.15, -0.1) is 0 Å². The fourth-order valence-electron chi connectivity index (χ4n) is 1.69. The van der Waals surface area contributed by atoms with Gasteiger partial charge in [0.25, 0.3) is 0 Å². The first kappa shape index (κ1) is 15.2. The lowest BCUT2D eigenvalue weighted by Gasteiger charge is -2.15. The summed E-state index contributed by atoms with van der Waals surface area (Å²) in [6.07, 6.45) is 1.78. The monoisotopic (exact) mass is 282 g/mol. The SMILES string of the molecule is COc1c(C(=O)/C=C/C(=O)O)cc(Cl)cc1C(C)C. The molecule has 0 radical (unpaired) electrons. The van der Waals surface area contributed by atoms with Crippen molar-refractivity contribution in [2.45, 2.75) is 19.8 Å². The fourth-order valence-corrected chi connectivity index (χ4v) is 1.92. The van der Waals surface area contributed by atoms with Crippen LogP contribution in [0.2, 0.25) is 5.02 Å². The molecule has 1 rings (SSSR count). The molecule has 0 saturated heterocycles. The number of halogens is 1. The van der Waals surface area contributed by atoms with Crippen molar-refractivity contribution >= 4 is 23.4 Å². The number of carbonyl (C=O) groups excluding carboxylic acids is 1. The van der Waals surface area contributed by atoms with E-state index in [9.17, 15) is 9.59 Å². The van der Waals surface area contributed by atoms with Crippen LogP contribution in [0, 0.1) is 0 Å². The molecule has 0 aliphatic carbocycles. The van der Waals surface area contributed by atoms with Crippen molar-refractivity contribution in [1.82, 2.24) is 0 Å². The van der Waals surface area contributed by atoms with Gasteiger partial charge >= 0.3 is 5.97 Å². The highest BCUT2D eigenvalue weighted by atomic mass is 35.5. The Bertz CT molecular complexity index is 532. The van der Waals surface area contributed by atoms with Crippen molar-refractivity contribution in [3.63, 3.8) is 0 Å². The molecule has 0 spiro atoms. The Balaban J connectivity index is 3.34. The maximum Gasteiger partial charge on any atom is 0.328 e. The number of carboxylic acid groups (broad SMARTS) is 1. The van der Waals surface area contributed by atoms with E-state index in [2.05, 4.69) is 0 Å². The molecular weight excluding hydrogens is 268 g/mol. The second-order valence-corrected chi connectivity index (χ2v) is 4.70. The first-order valence-electron chi connectivity index (χ1n) is 5.69. The summed E-state index contributed by atoms with van der Waals surface area (Å²) in [5, 5.41) is 8.95. The third-order valence-corrected chi connectivity index (χ3v) is 2.77. The van der Waals surface area contributed by atoms with Crippen molar-refractivity contribution < 1.29 is 19.4 Å². The maximum absolute atomic E-state index is 12.0. The summed E-state index contributed by atoms with van der Waals surface area (Å²) in [6, 6.07) is 3.21. The molecule has 102 valence electrons. The zero-order valence-corrected chi connectivity index (χ0v) is 11.7. The molecule has 0 amide bonds. The van der Waals surface area contributed by atoms with Gasteiger partial charge in [0.15, 0.2) is 5.78 Å². The third kappa shape index (κ3) is 3.83. The highest BCUT2D eigenvalue weighted by Crippen LogP contribution is 2.33. The molecule has 0 aliphatic rings. The number of ketones is 1. The van der Waals surface area contributed by atoms with Gasteiger partial charge in [0.2, 0.25) is 0 Å². The molecule has 0 heterocycles. The molecule has 1 N–H and O–H groups in total. The minimum Gasteiger partial charge on any atom is -0.496 e. The van der Waals surface area contributed by atoms with E-state index in [4.69, 9.17) is 21.4 Å². The smallest absolute Gasteiger partial charge is 0.328 e. The lowest BCUT2D eigenvalue weighted by Crippen LogP contribution is -2.04. The van der Waals surface area contributed by atoms with Crippen LogP contribution in [0.25, 0.3) is 0 Å². The summed E-state index contributed by atoms with van der Waals surface area (Å²) in [6.45, 7) is 3.91. The van der Waals surface area contributed by atoms with Crippen LogP contribution in [-0.2, 0) is 4.79 Å². The van der Waals surface area contributed by atoms with E-state index in [1.807, 2.05) is 13.8 Å². The van der Waals surface area contributed by atoms with Gasteiger partial charge in [-0.1, -0.05) is 25.4 Å². The van der Waals surface area contributed by atoms with Gasteiger partial charge < -0.3 is 9.84 Å². The first-order chi connectivity index (χ1) is 8.86. The van der Waals surface area contributed by atoms with E-state index in [0.29, 0.717) is 10.8 Å². The predicted octanol–water partition coefficient (Wildman–Crippen LogP) is 3.30. The van der Waals surface area contributed by atoms with E-state index in [1.165, 1.54) is 13.2 Å². The summed E-state index contributed by atoms with van der Waals surface area (Å²) in [4.78, 5) is 22.4. The Morgan fingerprint density at radius 2 is 1.95 bits per heavy atom. The second-order valence-electron chi connectivity index (χ2n) is 4.27. The number of methoxy groups -OCH3 is 1. The van der Waals surface area contributed by atoms with Crippen molar-refractivity contribution in [1.29, 1.82) is 0 Å². The molecule has 0 aromatic heterocycles. The summed E-state index contributed by atoms with van der Waals surface area (Å²) in [5.74, 6) is -1.08. The van der Waals surface area contributed by atoms with Gasteiger partial charge in [-0.2, -0.15) is 0 Å². The molecule has 5 heteroatoms. The Morgan fingerprint density at radius 1 is 1.32 bits per heavy atom. The van der Waals surface area contributed by atoms with E-state index < -0.39 is 11.8 Å². The Labute approximate surface area is 116 Å². The van der Waals surface area contributed by atoms with Crippen LogP contribution in [0.4, 0.5) is 0 Å². The number of hydrogen-bond acceptors (Lipinski definition) is 3. The van der Waals surface area contributed by atoms with Crippen LogP contribution >= 0.6 is 11.6 Å². The highest BCUT2D eigenvalue weighted by Gasteiger charge is 2.17. The summed E-state index contributed by atoms with van der Waals surface area (Å²) in [5.41, 5.74) is 1.07. The molecule has 0 atom stereocenters. The normalized spacial score (nSPS) is 11.0. The van der Waals surface area contributed by atoms with Gasteiger partial charge in [-0.3, -0.25) is 4.79 Å². The molecule has 19 heavy (non-hydrogen) atoms. The molecule has 0 unspecified atom stereocenters. The van der Waals surface area contributed by atoms with E-state index in [0.717, 1.165) is 17.7 Å². The number of carbonyl (C=O) groups is 2. The van der Waals surface area contributed by atoms with Crippen LogP contribution in [0.15, 0.2) is 24.3 Å². The largest absolute Gasteiger partial charge is 0.496 e. The fraction of sp³-hybridized carbons (Fsp3) is 0.286. The average molecular weight is 283 g/mol. The third-order valence-electron chi connectivity index (χ3n) is 2.55. The van der Waals surface area contributed by atoms with Gasteiger partial charge in [0.1, 0.15) is 5.75 Å². The molecule has 1 aromatic rings. The minimum atomic E-state index is -1.18. The van der Waals surface area contributed by atoms with E-state index in [1.54, 1.807) is 6.07 Å². The molecule has 4 nitrogen and oxygen atoms in total. The highest BCUT2D eigenvalue weighted by molar-refractivity contribution is 6.31. The number of aliphatic carboxylic acids is 1. The van der Waals surface area contributed by atoms with Crippen molar-refractivity contribution in [3.05, 3.63) is 40.4 Å². The molecular formula is C14H15ClO4. The Morgan fingerprint density at radius 3 is 2.42 bits per heavy atom. The number of carboxylic acids is 1. The van der Waals surface area contributed by atoms with Crippen LogP contribution in [0.1, 0.15) is 35.7 Å². The number of ether oxygens (including phenoxy) is 1. The number of rotatable bonds is 5. The lowest BCUT2D eigenvalue weighted by molar-refractivity contribution is -0.131. The number of hydrogen-bond donors (Lipinski definition) is 1. The average Bonchev–Trinajstić information content (AvgIpc) is 2.34. The zero-order valence-electron chi connectivity index (χ0n) is 10.9. The van der Waals surface area contributed by atoms with Crippen LogP contribution in [-0.4, -0.2) is 24.0 Å². The number of allylic oxidation sites excluding steroid dienone is 1. The lowest BCUT2D eigenvalue weighted by atomic mass is 9.97. The molecule has 1 aromatic carbocycles. The molecule has 0 saturated carbocycles. The zero-order chi connectivity index (χ0) is 14.6. The minimum absolute atomic E-state index is 0.128. The van der Waals surface area contributed by atoms with Gasteiger partial charge in [-0.05, 0) is 29.7 Å². The Hall–Kier alpha value is -1.81. The van der Waals surface area contributed by atoms with Crippen LogP contribution in [0.5, 0.6) is 5.75 Å². The van der Waals surface area contributed by atoms with Gasteiger partial charge in [0.05, 0.1) is 12.7 Å². The van der Waals surface area contributed by atoms with Gasteiger partial charge in [0, 0.05) is 11.1 Å². The van der Waals surface area contributed by atoms with Crippen molar-refractivity contribution in [3.8, 4) is 5.75 Å². The Kier molecular flexibility index (Phi) is 5.12. The molecule has 0 fully saturated rings. The summed E-state index contributed by atoms with van der Waals surface area (Å²) < 4.78 is 5.26. The van der Waals surface area contributed by atoms with Crippen molar-refractivity contribution in [2.75, 3.05) is 7.11 Å². The second kappa shape index (κ2) is 6.38. The standard InChI is InChI=1S/C14H15ClO4/c1-8(2)10-6-9(15)7-11(14(10)19-3)12(16)4-5-13(17)18/h4-8H,1-3H3,(H,17,18)/b5-4+. The van der Waals surface area contributed by atoms with Crippen LogP contribution < -0.4 is 4.74 Å². The quantitative estimate of drug-likeness (QED) is 0.665. The summed E-state index contributed by atoms with van der Waals surface area (Å²) in [7, 11) is 1.47. The van der Waals surface area contributed by atoms with Crippen molar-refractivity contribution in [2.24, 2.45) is 0 Å². The predicted molar refractivity (Wildman–Crippen MR) is 73.2 cm³/mol.